The van der Waals surface area contributed by atoms with E-state index in [4.69, 9.17) is 4.84 Å². The topological polar surface area (TPSA) is 87.7 Å². The molecule has 0 bridgehead atoms. The number of aliphatic hydroxyl groups excluding tert-OH is 1. The summed E-state index contributed by atoms with van der Waals surface area (Å²) in [5.41, 5.74) is 4.50. The third-order valence-electron chi connectivity index (χ3n) is 4.08. The Labute approximate surface area is 157 Å². The van der Waals surface area contributed by atoms with Gasteiger partial charge < -0.3 is 15.3 Å². The Kier molecular flexibility index (Phi) is 7.45. The second kappa shape index (κ2) is 9.80. The second-order valence-corrected chi connectivity index (χ2v) is 6.21. The number of nitrogens with one attached hydrogen (secondary N) is 2. The number of rotatable bonds is 8. The van der Waals surface area contributed by atoms with Gasteiger partial charge in [0.1, 0.15) is 5.82 Å². The van der Waals surface area contributed by atoms with Crippen molar-refractivity contribution in [3.05, 3.63) is 65.0 Å². The summed E-state index contributed by atoms with van der Waals surface area (Å²) in [6, 6.07) is 10.9. The van der Waals surface area contributed by atoms with Crippen LogP contribution in [0, 0.1) is 12.7 Å². The number of carbonyl (C=O) groups excluding carboxylic acids is 2. The molecule has 0 heterocycles. The van der Waals surface area contributed by atoms with E-state index in [0.29, 0.717) is 35.2 Å². The molecule has 0 saturated carbocycles. The van der Waals surface area contributed by atoms with Crippen LogP contribution in [-0.2, 0) is 16.1 Å². The first kappa shape index (κ1) is 20.5. The minimum Gasteiger partial charge on any atom is -0.395 e. The predicted molar refractivity (Wildman–Crippen MR) is 99.6 cm³/mol. The first-order chi connectivity index (χ1) is 12.9. The Balaban J connectivity index is 1.96. The van der Waals surface area contributed by atoms with Crippen LogP contribution in [0.3, 0.4) is 0 Å². The molecule has 0 saturated heterocycles. The van der Waals surface area contributed by atoms with Crippen molar-refractivity contribution in [1.82, 2.24) is 5.48 Å². The van der Waals surface area contributed by atoms with E-state index in [1.165, 1.54) is 13.0 Å². The molecule has 2 rings (SSSR count). The number of carbonyl (C=O) groups is 2. The molecular formula is C20H23FN2O4. The van der Waals surface area contributed by atoms with Gasteiger partial charge in [0.15, 0.2) is 0 Å². The second-order valence-electron chi connectivity index (χ2n) is 6.21. The van der Waals surface area contributed by atoms with Crippen LogP contribution in [0.1, 0.15) is 34.8 Å². The number of hydrogen-bond acceptors (Lipinski definition) is 5. The number of benzene rings is 2. The number of aliphatic hydroxyl groups is 1. The van der Waals surface area contributed by atoms with E-state index >= 15 is 0 Å². The number of hydrogen-bond donors (Lipinski definition) is 3. The number of halogens is 1. The maximum atomic E-state index is 14.1. The summed E-state index contributed by atoms with van der Waals surface area (Å²) in [4.78, 5) is 28.1. The van der Waals surface area contributed by atoms with Crippen molar-refractivity contribution in [3.63, 3.8) is 0 Å². The van der Waals surface area contributed by atoms with Crippen molar-refractivity contribution in [1.29, 1.82) is 0 Å². The van der Waals surface area contributed by atoms with Crippen LogP contribution in [0.2, 0.25) is 0 Å². The van der Waals surface area contributed by atoms with Crippen molar-refractivity contribution in [2.75, 3.05) is 11.9 Å². The fourth-order valence-electron chi connectivity index (χ4n) is 2.56. The van der Waals surface area contributed by atoms with E-state index in [9.17, 15) is 19.1 Å². The zero-order valence-corrected chi connectivity index (χ0v) is 15.3. The minimum absolute atomic E-state index is 0.255. The van der Waals surface area contributed by atoms with Gasteiger partial charge >= 0.3 is 5.97 Å². The van der Waals surface area contributed by atoms with Crippen molar-refractivity contribution in [2.24, 2.45) is 0 Å². The van der Waals surface area contributed by atoms with E-state index in [1.54, 1.807) is 43.3 Å². The summed E-state index contributed by atoms with van der Waals surface area (Å²) in [6.45, 7) is 2.75. The van der Waals surface area contributed by atoms with E-state index in [2.05, 4.69) is 10.8 Å². The van der Waals surface area contributed by atoms with Crippen LogP contribution in [-0.4, -0.2) is 29.6 Å². The molecule has 3 N–H and O–H groups in total. The molecule has 7 heteroatoms. The molecule has 6 nitrogen and oxygen atoms in total. The van der Waals surface area contributed by atoms with Gasteiger partial charge in [0, 0.05) is 12.6 Å². The van der Waals surface area contributed by atoms with Crippen LogP contribution in [0.4, 0.5) is 10.1 Å². The number of anilines is 1. The van der Waals surface area contributed by atoms with Gasteiger partial charge in [0.25, 0.3) is 0 Å². The monoisotopic (exact) mass is 374 g/mol. The molecule has 0 unspecified atom stereocenters. The molecule has 2 aromatic carbocycles. The third-order valence-corrected chi connectivity index (χ3v) is 4.08. The summed E-state index contributed by atoms with van der Waals surface area (Å²) in [5, 5.41) is 12.1. The fourth-order valence-corrected chi connectivity index (χ4v) is 2.56. The molecule has 1 amide bonds. The summed E-state index contributed by atoms with van der Waals surface area (Å²) in [6.07, 6.45) is 0.833. The summed E-state index contributed by atoms with van der Waals surface area (Å²) in [7, 11) is 0. The van der Waals surface area contributed by atoms with Gasteiger partial charge in [-0.2, -0.15) is 0 Å². The van der Waals surface area contributed by atoms with Crippen LogP contribution in [0.15, 0.2) is 42.5 Å². The van der Waals surface area contributed by atoms with Crippen LogP contribution in [0.25, 0.3) is 0 Å². The lowest BCUT2D eigenvalue weighted by molar-refractivity contribution is -0.114. The van der Waals surface area contributed by atoms with Crippen molar-refractivity contribution >= 4 is 17.6 Å². The molecule has 27 heavy (non-hydrogen) atoms. The first-order valence-electron chi connectivity index (χ1n) is 8.60. The Morgan fingerprint density at radius 1 is 1.22 bits per heavy atom. The van der Waals surface area contributed by atoms with Crippen molar-refractivity contribution in [2.45, 2.75) is 32.7 Å². The predicted octanol–water partition coefficient (Wildman–Crippen LogP) is 2.75. The molecule has 144 valence electrons. The lowest BCUT2D eigenvalue weighted by Gasteiger charge is -2.17. The Bertz CT molecular complexity index is 796. The van der Waals surface area contributed by atoms with E-state index in [0.717, 1.165) is 0 Å². The highest BCUT2D eigenvalue weighted by atomic mass is 19.1. The highest BCUT2D eigenvalue weighted by molar-refractivity contribution is 5.89. The number of aryl methyl sites for hydroxylation is 1. The van der Waals surface area contributed by atoms with Gasteiger partial charge in [-0.25, -0.2) is 9.18 Å². The number of amides is 1. The van der Waals surface area contributed by atoms with Crippen LogP contribution in [0.5, 0.6) is 0 Å². The molecule has 0 aromatic heterocycles. The van der Waals surface area contributed by atoms with Crippen LogP contribution < -0.4 is 10.8 Å². The fraction of sp³-hybridized carbons (Fsp3) is 0.300. The first-order valence-corrected chi connectivity index (χ1v) is 8.60. The third kappa shape index (κ3) is 6.16. The van der Waals surface area contributed by atoms with Gasteiger partial charge in [-0.15, -0.1) is 5.48 Å². The average molecular weight is 374 g/mol. The molecule has 0 aliphatic heterocycles. The van der Waals surface area contributed by atoms with Gasteiger partial charge in [-0.1, -0.05) is 18.2 Å². The molecule has 0 aliphatic carbocycles. The van der Waals surface area contributed by atoms with E-state index < -0.39 is 17.8 Å². The van der Waals surface area contributed by atoms with Gasteiger partial charge in [0.2, 0.25) is 5.91 Å². The summed E-state index contributed by atoms with van der Waals surface area (Å²) in [5.74, 6) is -1.25. The summed E-state index contributed by atoms with van der Waals surface area (Å²) < 4.78 is 14.1. The Hall–Kier alpha value is -2.77. The zero-order chi connectivity index (χ0) is 19.8. The maximum absolute atomic E-state index is 14.1. The van der Waals surface area contributed by atoms with E-state index in [1.807, 2.05) is 0 Å². The maximum Gasteiger partial charge on any atom is 0.356 e. The highest BCUT2D eigenvalue weighted by Gasteiger charge is 2.14. The molecule has 0 radical (unpaired) electrons. The standard InChI is InChI=1S/C20H23FN2O4/c1-13-16(10-18(11-19(13)21)22-14(2)25)8-9-17(12-24)23-27-20(26)15-6-4-3-5-7-15/h3-7,10-11,17,23-24H,8-9,12H2,1-2H3,(H,22,25)/t17-/m0/s1. The van der Waals surface area contributed by atoms with Crippen molar-refractivity contribution < 1.29 is 23.9 Å². The van der Waals surface area contributed by atoms with E-state index in [-0.39, 0.29) is 12.5 Å². The zero-order valence-electron chi connectivity index (χ0n) is 15.3. The van der Waals surface area contributed by atoms with Gasteiger partial charge in [-0.3, -0.25) is 4.79 Å². The molecule has 0 fully saturated rings. The molecule has 0 aliphatic rings. The quantitative estimate of drug-likeness (QED) is 0.619. The van der Waals surface area contributed by atoms with Crippen LogP contribution >= 0.6 is 0 Å². The lowest BCUT2D eigenvalue weighted by Crippen LogP contribution is -2.35. The minimum atomic E-state index is -0.552. The molecular weight excluding hydrogens is 351 g/mol. The van der Waals surface area contributed by atoms with Crippen molar-refractivity contribution in [3.8, 4) is 0 Å². The molecule has 2 aromatic rings. The largest absolute Gasteiger partial charge is 0.395 e. The Morgan fingerprint density at radius 2 is 1.93 bits per heavy atom. The van der Waals surface area contributed by atoms with Gasteiger partial charge in [0.05, 0.1) is 18.2 Å². The smallest absolute Gasteiger partial charge is 0.356 e. The Morgan fingerprint density at radius 3 is 2.56 bits per heavy atom. The summed E-state index contributed by atoms with van der Waals surface area (Å²) >= 11 is 0. The normalized spacial score (nSPS) is 11.7. The molecule has 1 atom stereocenters. The highest BCUT2D eigenvalue weighted by Crippen LogP contribution is 2.21. The van der Waals surface area contributed by atoms with Gasteiger partial charge in [-0.05, 0) is 55.2 Å². The molecule has 0 spiro atoms. The number of hydroxylamine groups is 1. The average Bonchev–Trinajstić information content (AvgIpc) is 2.65. The SMILES string of the molecule is CC(=O)Nc1cc(F)c(C)c(CC[C@@H](CO)NOC(=O)c2ccccc2)c1. The lowest BCUT2D eigenvalue weighted by atomic mass is 10.00.